The molecule has 0 radical (unpaired) electrons. The summed E-state index contributed by atoms with van der Waals surface area (Å²) < 4.78 is 0. The van der Waals surface area contributed by atoms with E-state index in [-0.39, 0.29) is 11.9 Å². The molecule has 1 atom stereocenters. The number of carbonyl (C=O) groups excluding carboxylic acids is 2. The minimum Gasteiger partial charge on any atom is -0.326 e. The summed E-state index contributed by atoms with van der Waals surface area (Å²) in [4.78, 5) is 25.4. The van der Waals surface area contributed by atoms with Crippen LogP contribution in [0.1, 0.15) is 17.8 Å². The van der Waals surface area contributed by atoms with Crippen molar-refractivity contribution in [2.45, 2.75) is 13.0 Å². The molecule has 0 bridgehead atoms. The third-order valence-corrected chi connectivity index (χ3v) is 4.73. The minimum atomic E-state index is -0.480. The number of thiophene rings is 1. The quantitative estimate of drug-likeness (QED) is 0.792. The number of rotatable bonds is 3. The second kappa shape index (κ2) is 6.44. The average Bonchev–Trinajstić information content (AvgIpc) is 3.03. The number of halogens is 1. The molecule has 2 aromatic rings. The van der Waals surface area contributed by atoms with Gasteiger partial charge in [-0.15, -0.1) is 11.3 Å². The number of amides is 3. The summed E-state index contributed by atoms with van der Waals surface area (Å²) in [5.74, 6) is -0.304. The van der Waals surface area contributed by atoms with Gasteiger partial charge in [0.15, 0.2) is 0 Å². The van der Waals surface area contributed by atoms with Crippen molar-refractivity contribution in [3.63, 3.8) is 0 Å². The monoisotopic (exact) mass is 347 g/mol. The number of benzene rings is 1. The van der Waals surface area contributed by atoms with Crippen LogP contribution in [0.3, 0.4) is 0 Å². The highest BCUT2D eigenvalue weighted by molar-refractivity contribution is 7.10. The first kappa shape index (κ1) is 15.6. The summed E-state index contributed by atoms with van der Waals surface area (Å²) in [6.07, 6.45) is 0. The van der Waals surface area contributed by atoms with Gasteiger partial charge in [0, 0.05) is 10.6 Å². The minimum absolute atomic E-state index is 0.304. The molecular weight excluding hydrogens is 334 g/mol. The average molecular weight is 348 g/mol. The van der Waals surface area contributed by atoms with Crippen LogP contribution in [0.15, 0.2) is 53.0 Å². The van der Waals surface area contributed by atoms with Crippen molar-refractivity contribution in [3.05, 3.63) is 62.9 Å². The van der Waals surface area contributed by atoms with Gasteiger partial charge in [-0.2, -0.15) is 0 Å². The van der Waals surface area contributed by atoms with Gasteiger partial charge >= 0.3 is 6.03 Å². The van der Waals surface area contributed by atoms with Crippen LogP contribution in [-0.4, -0.2) is 11.9 Å². The predicted octanol–water partition coefficient (Wildman–Crippen LogP) is 3.67. The summed E-state index contributed by atoms with van der Waals surface area (Å²) in [7, 11) is 0. The topological polar surface area (TPSA) is 70.2 Å². The van der Waals surface area contributed by atoms with Gasteiger partial charge in [-0.1, -0.05) is 29.8 Å². The van der Waals surface area contributed by atoms with Crippen molar-refractivity contribution < 1.29 is 9.59 Å². The summed E-state index contributed by atoms with van der Waals surface area (Å²) >= 11 is 7.57. The molecule has 3 amide bonds. The Hall–Kier alpha value is -2.31. The Morgan fingerprint density at radius 2 is 2.04 bits per heavy atom. The van der Waals surface area contributed by atoms with Crippen LogP contribution in [0, 0.1) is 0 Å². The molecule has 0 fully saturated rings. The molecule has 2 heterocycles. The van der Waals surface area contributed by atoms with E-state index in [0.29, 0.717) is 22.0 Å². The van der Waals surface area contributed by atoms with Gasteiger partial charge in [-0.25, -0.2) is 4.79 Å². The maximum absolute atomic E-state index is 12.7. The molecule has 7 heteroatoms. The van der Waals surface area contributed by atoms with Gasteiger partial charge in [0.05, 0.1) is 22.3 Å². The van der Waals surface area contributed by atoms with Gasteiger partial charge in [-0.05, 0) is 30.5 Å². The molecule has 23 heavy (non-hydrogen) atoms. The van der Waals surface area contributed by atoms with Crippen LogP contribution in [0.5, 0.6) is 0 Å². The highest BCUT2D eigenvalue weighted by Crippen LogP contribution is 2.31. The number of urea groups is 1. The Bertz CT molecular complexity index is 786. The fraction of sp³-hybridized carbons (Fsp3) is 0.125. The number of nitrogens with one attached hydrogen (secondary N) is 3. The molecule has 0 unspecified atom stereocenters. The van der Waals surface area contributed by atoms with E-state index in [4.69, 9.17) is 11.6 Å². The molecule has 1 aromatic carbocycles. The number of allylic oxidation sites excluding steroid dienone is 1. The van der Waals surface area contributed by atoms with Crippen molar-refractivity contribution in [2.75, 3.05) is 5.32 Å². The number of hydrogen-bond acceptors (Lipinski definition) is 3. The summed E-state index contributed by atoms with van der Waals surface area (Å²) in [6.45, 7) is 1.71. The van der Waals surface area contributed by atoms with E-state index in [9.17, 15) is 9.59 Å². The fourth-order valence-electron chi connectivity index (χ4n) is 2.42. The second-order valence-corrected chi connectivity index (χ2v) is 6.41. The number of carbonyl (C=O) groups is 2. The molecule has 0 saturated carbocycles. The largest absolute Gasteiger partial charge is 0.326 e. The molecule has 118 valence electrons. The lowest BCUT2D eigenvalue weighted by molar-refractivity contribution is -0.113. The highest BCUT2D eigenvalue weighted by Gasteiger charge is 2.31. The molecule has 5 nitrogen and oxygen atoms in total. The first-order valence-electron chi connectivity index (χ1n) is 6.94. The molecule has 1 aliphatic heterocycles. The molecule has 3 rings (SSSR count). The Morgan fingerprint density at radius 1 is 1.26 bits per heavy atom. The Balaban J connectivity index is 1.94. The normalized spacial score (nSPS) is 17.5. The Labute approximate surface area is 142 Å². The summed E-state index contributed by atoms with van der Waals surface area (Å²) in [6, 6.07) is 9.98. The predicted molar refractivity (Wildman–Crippen MR) is 91.5 cm³/mol. The third-order valence-electron chi connectivity index (χ3n) is 3.46. The van der Waals surface area contributed by atoms with E-state index in [2.05, 4.69) is 16.0 Å². The van der Waals surface area contributed by atoms with E-state index in [0.717, 1.165) is 4.88 Å². The lowest BCUT2D eigenvalue weighted by Gasteiger charge is -2.27. The molecule has 1 aliphatic rings. The molecule has 3 N–H and O–H groups in total. The zero-order chi connectivity index (χ0) is 16.4. The van der Waals surface area contributed by atoms with E-state index < -0.39 is 6.04 Å². The maximum Gasteiger partial charge on any atom is 0.319 e. The number of anilines is 1. The smallest absolute Gasteiger partial charge is 0.319 e. The first-order valence-corrected chi connectivity index (χ1v) is 8.19. The van der Waals surface area contributed by atoms with Crippen LogP contribution >= 0.6 is 22.9 Å². The molecule has 1 aromatic heterocycles. The van der Waals surface area contributed by atoms with Gasteiger partial charge in [0.2, 0.25) is 0 Å². The molecule has 0 spiro atoms. The standard InChI is InChI=1S/C16H14ClN3O2S/c1-9-13(15(21)19-11-6-3-2-5-10(11)17)14(20-16(22)18-9)12-7-4-8-23-12/h2-8,14H,1H3,(H,19,21)(H2,18,20,22)/t14-/m1/s1. The maximum atomic E-state index is 12.7. The van der Waals surface area contributed by atoms with Crippen LogP contribution < -0.4 is 16.0 Å². The molecule has 0 aliphatic carbocycles. The van der Waals surface area contributed by atoms with Crippen molar-refractivity contribution in [1.29, 1.82) is 0 Å². The molecule has 0 saturated heterocycles. The lowest BCUT2D eigenvalue weighted by atomic mass is 10.0. The summed E-state index contributed by atoms with van der Waals surface area (Å²) in [5, 5.41) is 10.6. The Kier molecular flexibility index (Phi) is 4.36. The number of hydrogen-bond donors (Lipinski definition) is 3. The second-order valence-electron chi connectivity index (χ2n) is 5.02. The van der Waals surface area contributed by atoms with Gasteiger partial charge in [0.25, 0.3) is 5.91 Å². The lowest BCUT2D eigenvalue weighted by Crippen LogP contribution is -2.45. The van der Waals surface area contributed by atoms with Crippen molar-refractivity contribution in [1.82, 2.24) is 10.6 Å². The van der Waals surface area contributed by atoms with Crippen molar-refractivity contribution in [2.24, 2.45) is 0 Å². The van der Waals surface area contributed by atoms with Gasteiger partial charge in [-0.3, -0.25) is 4.79 Å². The van der Waals surface area contributed by atoms with Crippen LogP contribution in [0.2, 0.25) is 5.02 Å². The summed E-state index contributed by atoms with van der Waals surface area (Å²) in [5.41, 5.74) is 1.52. The van der Waals surface area contributed by atoms with Crippen LogP contribution in [-0.2, 0) is 4.79 Å². The molecular formula is C16H14ClN3O2S. The van der Waals surface area contributed by atoms with Crippen LogP contribution in [0.25, 0.3) is 0 Å². The van der Waals surface area contributed by atoms with Gasteiger partial charge < -0.3 is 16.0 Å². The third kappa shape index (κ3) is 3.23. The van der Waals surface area contributed by atoms with Gasteiger partial charge in [0.1, 0.15) is 0 Å². The fourth-order valence-corrected chi connectivity index (χ4v) is 3.38. The van der Waals surface area contributed by atoms with E-state index >= 15 is 0 Å². The highest BCUT2D eigenvalue weighted by atomic mass is 35.5. The van der Waals surface area contributed by atoms with Crippen molar-refractivity contribution >= 4 is 40.6 Å². The number of para-hydroxylation sites is 1. The van der Waals surface area contributed by atoms with E-state index in [1.165, 1.54) is 11.3 Å². The SMILES string of the molecule is CC1=C(C(=O)Nc2ccccc2Cl)[C@@H](c2cccs2)NC(=O)N1. The van der Waals surface area contributed by atoms with E-state index in [1.807, 2.05) is 17.5 Å². The van der Waals surface area contributed by atoms with E-state index in [1.54, 1.807) is 31.2 Å². The zero-order valence-electron chi connectivity index (χ0n) is 12.2. The van der Waals surface area contributed by atoms with Crippen LogP contribution in [0.4, 0.5) is 10.5 Å². The zero-order valence-corrected chi connectivity index (χ0v) is 13.8. The first-order chi connectivity index (χ1) is 11.1. The Morgan fingerprint density at radius 3 is 2.74 bits per heavy atom. The van der Waals surface area contributed by atoms with Crippen molar-refractivity contribution in [3.8, 4) is 0 Å².